The largest absolute Gasteiger partial charge is 0.300 e. The van der Waals surface area contributed by atoms with Crippen molar-refractivity contribution in [1.82, 2.24) is 14.6 Å². The zero-order valence-corrected chi connectivity index (χ0v) is 14.2. The number of sulfonamides is 1. The first-order valence-corrected chi connectivity index (χ1v) is 9.41. The number of likely N-dealkylation sites (N-methyl/N-ethyl adjacent to an activating group) is 1. The third kappa shape index (κ3) is 3.79. The lowest BCUT2D eigenvalue weighted by molar-refractivity contribution is 0.232. The van der Waals surface area contributed by atoms with Crippen LogP contribution in [0.5, 0.6) is 0 Å². The number of nitrogens with one attached hydrogen (secondary N) is 1. The zero-order valence-electron chi connectivity index (χ0n) is 12.5. The van der Waals surface area contributed by atoms with Crippen LogP contribution in [0.15, 0.2) is 28.6 Å². The van der Waals surface area contributed by atoms with E-state index in [1.807, 2.05) is 6.92 Å². The van der Waals surface area contributed by atoms with Gasteiger partial charge in [0.25, 0.3) is 0 Å². The first-order valence-electron chi connectivity index (χ1n) is 7.05. The van der Waals surface area contributed by atoms with E-state index in [0.29, 0.717) is 6.54 Å². The molecule has 0 spiro atoms. The van der Waals surface area contributed by atoms with Gasteiger partial charge in [0.1, 0.15) is 0 Å². The van der Waals surface area contributed by atoms with E-state index in [1.165, 1.54) is 11.3 Å². The minimum atomic E-state index is -3.49. The lowest BCUT2D eigenvalue weighted by Crippen LogP contribution is -2.41. The van der Waals surface area contributed by atoms with Gasteiger partial charge in [-0.3, -0.25) is 4.90 Å². The molecule has 2 aromatic rings. The number of aromatic nitrogens is 1. The van der Waals surface area contributed by atoms with Crippen molar-refractivity contribution in [3.8, 4) is 0 Å². The molecule has 0 fully saturated rings. The molecule has 0 saturated carbocycles. The molecule has 0 aliphatic heterocycles. The van der Waals surface area contributed by atoms with Crippen molar-refractivity contribution in [3.63, 3.8) is 0 Å². The van der Waals surface area contributed by atoms with Crippen LogP contribution in [0.1, 0.15) is 20.8 Å². The Kier molecular flexibility index (Phi) is 5.32. The van der Waals surface area contributed by atoms with E-state index in [9.17, 15) is 8.42 Å². The standard InChI is InChI=1S/C14H21N3O2S2/c1-4-17(5-2)11(3)9-16-21(18,19)12-6-7-14-13(8-12)15-10-20-14/h6-8,10-11,16H,4-5,9H2,1-3H3. The lowest BCUT2D eigenvalue weighted by atomic mass is 10.3. The molecular formula is C14H21N3O2S2. The predicted molar refractivity (Wildman–Crippen MR) is 87.2 cm³/mol. The molecule has 0 amide bonds. The molecule has 1 aromatic carbocycles. The number of hydrogen-bond donors (Lipinski definition) is 1. The average Bonchev–Trinajstić information content (AvgIpc) is 2.94. The Hall–Kier alpha value is -1.02. The quantitative estimate of drug-likeness (QED) is 0.847. The summed E-state index contributed by atoms with van der Waals surface area (Å²) in [5.74, 6) is 0. The molecule has 0 radical (unpaired) electrons. The topological polar surface area (TPSA) is 62.3 Å². The van der Waals surface area contributed by atoms with Crippen LogP contribution in [0.4, 0.5) is 0 Å². The highest BCUT2D eigenvalue weighted by Gasteiger charge is 2.18. The Balaban J connectivity index is 2.10. The minimum absolute atomic E-state index is 0.165. The van der Waals surface area contributed by atoms with Crippen LogP contribution < -0.4 is 4.72 Å². The maximum atomic E-state index is 12.3. The molecule has 0 saturated heterocycles. The van der Waals surface area contributed by atoms with E-state index in [-0.39, 0.29) is 10.9 Å². The molecule has 1 heterocycles. The third-order valence-electron chi connectivity index (χ3n) is 3.62. The van der Waals surface area contributed by atoms with Gasteiger partial charge >= 0.3 is 0 Å². The second-order valence-electron chi connectivity index (χ2n) is 4.90. The van der Waals surface area contributed by atoms with Crippen LogP contribution in [-0.4, -0.2) is 44.0 Å². The zero-order chi connectivity index (χ0) is 15.5. The summed E-state index contributed by atoms with van der Waals surface area (Å²) in [5.41, 5.74) is 2.44. The summed E-state index contributed by atoms with van der Waals surface area (Å²) >= 11 is 1.50. The molecule has 1 aromatic heterocycles. The Morgan fingerprint density at radius 1 is 1.33 bits per heavy atom. The van der Waals surface area contributed by atoms with Gasteiger partial charge in [0.15, 0.2) is 0 Å². The summed E-state index contributed by atoms with van der Waals surface area (Å²) < 4.78 is 28.4. The van der Waals surface area contributed by atoms with Crippen LogP contribution in [-0.2, 0) is 10.0 Å². The molecule has 2 rings (SSSR count). The number of fused-ring (bicyclic) bond motifs is 1. The van der Waals surface area contributed by atoms with Crippen molar-refractivity contribution in [2.45, 2.75) is 31.7 Å². The molecule has 0 aliphatic carbocycles. The van der Waals surface area contributed by atoms with Crippen molar-refractivity contribution in [1.29, 1.82) is 0 Å². The SMILES string of the molecule is CCN(CC)C(C)CNS(=O)(=O)c1ccc2scnc2c1. The number of rotatable bonds is 7. The van der Waals surface area contributed by atoms with Crippen molar-refractivity contribution in [2.75, 3.05) is 19.6 Å². The number of thiazole rings is 1. The summed E-state index contributed by atoms with van der Waals surface area (Å²) in [5, 5.41) is 0. The fourth-order valence-electron chi connectivity index (χ4n) is 2.29. The first kappa shape index (κ1) is 16.4. The van der Waals surface area contributed by atoms with E-state index in [4.69, 9.17) is 0 Å². The molecule has 21 heavy (non-hydrogen) atoms. The van der Waals surface area contributed by atoms with E-state index >= 15 is 0 Å². The second-order valence-corrected chi connectivity index (χ2v) is 7.56. The molecule has 0 aliphatic rings. The molecule has 7 heteroatoms. The van der Waals surface area contributed by atoms with Gasteiger partial charge in [-0.15, -0.1) is 11.3 Å². The van der Waals surface area contributed by atoms with Gasteiger partial charge in [0.05, 0.1) is 20.6 Å². The van der Waals surface area contributed by atoms with Crippen LogP contribution in [0.3, 0.4) is 0 Å². The lowest BCUT2D eigenvalue weighted by Gasteiger charge is -2.26. The van der Waals surface area contributed by atoms with Crippen LogP contribution in [0.25, 0.3) is 10.2 Å². The minimum Gasteiger partial charge on any atom is -0.300 e. The molecule has 116 valence electrons. The highest BCUT2D eigenvalue weighted by Crippen LogP contribution is 2.21. The Labute approximate surface area is 130 Å². The summed E-state index contributed by atoms with van der Waals surface area (Å²) in [6, 6.07) is 5.22. The third-order valence-corrected chi connectivity index (χ3v) is 5.85. The Bertz CT molecular complexity index is 693. The van der Waals surface area contributed by atoms with Crippen LogP contribution in [0, 0.1) is 0 Å². The van der Waals surface area contributed by atoms with Gasteiger partial charge in [-0.1, -0.05) is 13.8 Å². The molecular weight excluding hydrogens is 306 g/mol. The normalized spacial score (nSPS) is 13.9. The van der Waals surface area contributed by atoms with Crippen LogP contribution in [0.2, 0.25) is 0 Å². The smallest absolute Gasteiger partial charge is 0.240 e. The number of hydrogen-bond acceptors (Lipinski definition) is 5. The highest BCUT2D eigenvalue weighted by molar-refractivity contribution is 7.89. The summed E-state index contributed by atoms with van der Waals surface area (Å²) in [7, 11) is -3.49. The Morgan fingerprint density at radius 2 is 2.05 bits per heavy atom. The monoisotopic (exact) mass is 327 g/mol. The van der Waals surface area contributed by atoms with Gasteiger partial charge in [-0.25, -0.2) is 18.1 Å². The first-order chi connectivity index (χ1) is 9.97. The fraction of sp³-hybridized carbons (Fsp3) is 0.500. The molecule has 0 bridgehead atoms. The second kappa shape index (κ2) is 6.83. The van der Waals surface area contributed by atoms with E-state index in [2.05, 4.69) is 28.5 Å². The maximum Gasteiger partial charge on any atom is 0.240 e. The summed E-state index contributed by atoms with van der Waals surface area (Å²) in [4.78, 5) is 6.65. The number of nitrogens with zero attached hydrogens (tertiary/aromatic N) is 2. The van der Waals surface area contributed by atoms with Crippen molar-refractivity contribution < 1.29 is 8.42 Å². The molecule has 1 N–H and O–H groups in total. The number of benzene rings is 1. The highest BCUT2D eigenvalue weighted by atomic mass is 32.2. The van der Waals surface area contributed by atoms with Crippen molar-refractivity contribution >= 4 is 31.6 Å². The van der Waals surface area contributed by atoms with Gasteiger partial charge in [-0.05, 0) is 38.2 Å². The van der Waals surface area contributed by atoms with Gasteiger partial charge in [0.2, 0.25) is 10.0 Å². The summed E-state index contributed by atoms with van der Waals surface area (Å²) in [6.45, 7) is 8.39. The van der Waals surface area contributed by atoms with Crippen molar-refractivity contribution in [2.24, 2.45) is 0 Å². The predicted octanol–water partition coefficient (Wildman–Crippen LogP) is 2.30. The maximum absolute atomic E-state index is 12.3. The fourth-order valence-corrected chi connectivity index (χ4v) is 4.09. The van der Waals surface area contributed by atoms with Crippen LogP contribution >= 0.6 is 11.3 Å². The van der Waals surface area contributed by atoms with Gasteiger partial charge in [0, 0.05) is 12.6 Å². The molecule has 1 atom stereocenters. The van der Waals surface area contributed by atoms with E-state index in [0.717, 1.165) is 23.3 Å². The van der Waals surface area contributed by atoms with Gasteiger partial charge in [-0.2, -0.15) is 0 Å². The molecule has 5 nitrogen and oxygen atoms in total. The Morgan fingerprint density at radius 3 is 2.71 bits per heavy atom. The van der Waals surface area contributed by atoms with Gasteiger partial charge < -0.3 is 0 Å². The van der Waals surface area contributed by atoms with Crippen molar-refractivity contribution in [3.05, 3.63) is 23.7 Å². The molecule has 1 unspecified atom stereocenters. The van der Waals surface area contributed by atoms with E-state index < -0.39 is 10.0 Å². The summed E-state index contributed by atoms with van der Waals surface area (Å²) in [6.07, 6.45) is 0. The van der Waals surface area contributed by atoms with E-state index in [1.54, 1.807) is 23.7 Å². The average molecular weight is 327 g/mol.